The smallest absolute Gasteiger partial charge is 0.273 e. The molecule has 3 aromatic heterocycles. The van der Waals surface area contributed by atoms with Crippen LogP contribution < -0.4 is 16.0 Å². The van der Waals surface area contributed by atoms with E-state index in [-0.39, 0.29) is 61.7 Å². The van der Waals surface area contributed by atoms with Crippen LogP contribution in [0.25, 0.3) is 0 Å². The van der Waals surface area contributed by atoms with E-state index < -0.39 is 29.8 Å². The van der Waals surface area contributed by atoms with Gasteiger partial charge in [-0.1, -0.05) is 44.2 Å². The number of hydrogen-bond donors (Lipinski definition) is 3. The third-order valence-electron chi connectivity index (χ3n) is 6.95. The van der Waals surface area contributed by atoms with Crippen molar-refractivity contribution in [1.29, 1.82) is 0 Å². The number of amides is 4. The third kappa shape index (κ3) is 7.69. The Bertz CT molecular complexity index is 1590. The molecule has 230 valence electrons. The largest absolute Gasteiger partial charge is 0.446 e. The summed E-state index contributed by atoms with van der Waals surface area (Å²) in [6, 6.07) is 8.31. The van der Waals surface area contributed by atoms with Crippen molar-refractivity contribution in [3.63, 3.8) is 0 Å². The summed E-state index contributed by atoms with van der Waals surface area (Å²) in [5.41, 5.74) is 1.11. The van der Waals surface area contributed by atoms with Gasteiger partial charge in [-0.25, -0.2) is 14.6 Å². The molecule has 4 amide bonds. The number of nitrogens with one attached hydrogen (secondary N) is 3. The number of hydrogen-bond acceptors (Lipinski definition) is 11. The molecule has 4 bridgehead atoms. The highest BCUT2D eigenvalue weighted by molar-refractivity contribution is 7.09. The molecule has 44 heavy (non-hydrogen) atoms. The topological polar surface area (TPSA) is 190 Å². The van der Waals surface area contributed by atoms with E-state index in [9.17, 15) is 19.2 Å². The van der Waals surface area contributed by atoms with E-state index in [2.05, 4.69) is 41.4 Å². The lowest BCUT2D eigenvalue weighted by molar-refractivity contribution is -0.136. The van der Waals surface area contributed by atoms with Gasteiger partial charge >= 0.3 is 0 Å². The van der Waals surface area contributed by atoms with Crippen LogP contribution >= 0.6 is 11.3 Å². The zero-order valence-electron chi connectivity index (χ0n) is 24.2. The summed E-state index contributed by atoms with van der Waals surface area (Å²) in [6.45, 7) is 3.96. The van der Waals surface area contributed by atoms with E-state index in [1.165, 1.54) is 33.5 Å². The van der Waals surface area contributed by atoms with E-state index >= 15 is 0 Å². The molecule has 4 heterocycles. The lowest BCUT2D eigenvalue weighted by atomic mass is 10.0. The van der Waals surface area contributed by atoms with Crippen molar-refractivity contribution in [3.05, 3.63) is 76.2 Å². The monoisotopic (exact) mass is 620 g/mol. The second-order valence-corrected chi connectivity index (χ2v) is 11.4. The molecule has 1 aliphatic rings. The molecule has 0 fully saturated rings. The molecule has 4 aromatic rings. The van der Waals surface area contributed by atoms with Crippen molar-refractivity contribution in [3.8, 4) is 0 Å². The second kappa shape index (κ2) is 14.0. The van der Waals surface area contributed by atoms with Crippen molar-refractivity contribution in [2.24, 2.45) is 5.92 Å². The Morgan fingerprint density at radius 2 is 1.91 bits per heavy atom. The second-order valence-electron chi connectivity index (χ2n) is 10.5. The molecule has 0 saturated carbocycles. The maximum Gasteiger partial charge on any atom is 0.273 e. The van der Waals surface area contributed by atoms with Crippen LogP contribution in [0.2, 0.25) is 0 Å². The average Bonchev–Trinajstić information content (AvgIpc) is 3.80. The molecule has 2 atom stereocenters. The van der Waals surface area contributed by atoms with Gasteiger partial charge in [0.1, 0.15) is 29.3 Å². The van der Waals surface area contributed by atoms with Crippen molar-refractivity contribution < 1.29 is 23.6 Å². The average molecular weight is 621 g/mol. The van der Waals surface area contributed by atoms with E-state index in [0.29, 0.717) is 11.4 Å². The molecule has 0 aliphatic carbocycles. The van der Waals surface area contributed by atoms with Crippen molar-refractivity contribution in [2.75, 3.05) is 19.6 Å². The van der Waals surface area contributed by atoms with Gasteiger partial charge in [0, 0.05) is 31.3 Å². The number of rotatable bonds is 6. The molecule has 3 N–H and O–H groups in total. The predicted molar refractivity (Wildman–Crippen MR) is 156 cm³/mol. The molecule has 1 aliphatic heterocycles. The van der Waals surface area contributed by atoms with Gasteiger partial charge in [-0.2, -0.15) is 0 Å². The Kier molecular flexibility index (Phi) is 9.69. The normalized spacial score (nSPS) is 18.2. The summed E-state index contributed by atoms with van der Waals surface area (Å²) in [7, 11) is 0. The maximum atomic E-state index is 13.4. The number of nitrogens with zero attached hydrogens (tertiary/aromatic N) is 7. The van der Waals surface area contributed by atoms with Crippen LogP contribution in [-0.2, 0) is 22.6 Å². The number of aryl methyl sites for hydroxylation is 1. The van der Waals surface area contributed by atoms with E-state index in [1.807, 2.05) is 44.2 Å². The molecule has 1 aromatic carbocycles. The number of carbonyl (C=O) groups excluding carboxylic acids is 4. The molecule has 0 unspecified atom stereocenters. The SMILES string of the molecule is CC(C)[C@@H]1NC(=O)CN(C(=O)CCn2cnnn2)CCNC(=O)c2coc(n2)[C@H](Cc2ccccc2)NC(=O)c2csc1n2. The fraction of sp³-hybridized carbons (Fsp3) is 0.393. The molecular weight excluding hydrogens is 588 g/mol. The Morgan fingerprint density at radius 1 is 1.09 bits per heavy atom. The van der Waals surface area contributed by atoms with Crippen LogP contribution in [0.3, 0.4) is 0 Å². The summed E-state index contributed by atoms with van der Waals surface area (Å²) in [5.74, 6) is -1.60. The van der Waals surface area contributed by atoms with Crippen molar-refractivity contribution in [1.82, 2.24) is 51.0 Å². The number of aromatic nitrogens is 6. The molecule has 15 nitrogen and oxygen atoms in total. The van der Waals surface area contributed by atoms with E-state index in [0.717, 1.165) is 5.56 Å². The summed E-state index contributed by atoms with van der Waals surface area (Å²) < 4.78 is 7.08. The fourth-order valence-electron chi connectivity index (χ4n) is 4.61. The first-order chi connectivity index (χ1) is 21.3. The van der Waals surface area contributed by atoms with Crippen molar-refractivity contribution in [2.45, 2.75) is 45.3 Å². The van der Waals surface area contributed by atoms with Crippen LogP contribution in [0.5, 0.6) is 0 Å². The van der Waals surface area contributed by atoms with E-state index in [4.69, 9.17) is 4.42 Å². The Labute approximate surface area is 256 Å². The highest BCUT2D eigenvalue weighted by Crippen LogP contribution is 2.26. The quantitative estimate of drug-likeness (QED) is 0.283. The Balaban J connectivity index is 1.42. The van der Waals surface area contributed by atoms with Gasteiger partial charge in [-0.3, -0.25) is 19.2 Å². The third-order valence-corrected chi connectivity index (χ3v) is 7.87. The first kappa shape index (κ1) is 30.5. The number of carbonyl (C=O) groups is 4. The summed E-state index contributed by atoms with van der Waals surface area (Å²) in [4.78, 5) is 63.0. The number of thiazole rings is 1. The van der Waals surface area contributed by atoms with Crippen LogP contribution in [0.15, 0.2) is 52.7 Å². The minimum Gasteiger partial charge on any atom is -0.446 e. The van der Waals surface area contributed by atoms with Crippen LogP contribution in [0, 0.1) is 5.92 Å². The van der Waals surface area contributed by atoms with Crippen LogP contribution in [0.1, 0.15) is 69.8 Å². The fourth-order valence-corrected chi connectivity index (χ4v) is 5.63. The first-order valence-electron chi connectivity index (χ1n) is 14.1. The Morgan fingerprint density at radius 3 is 2.66 bits per heavy atom. The molecule has 0 saturated heterocycles. The molecule has 5 rings (SSSR count). The van der Waals surface area contributed by atoms with Gasteiger partial charge in [0.05, 0.1) is 19.1 Å². The highest BCUT2D eigenvalue weighted by Gasteiger charge is 2.28. The molecule has 16 heteroatoms. The molecule has 0 radical (unpaired) electrons. The zero-order chi connectivity index (χ0) is 31.1. The lowest BCUT2D eigenvalue weighted by Gasteiger charge is -2.25. The number of benzene rings is 1. The number of tetrazole rings is 1. The highest BCUT2D eigenvalue weighted by atomic mass is 32.1. The zero-order valence-corrected chi connectivity index (χ0v) is 25.0. The van der Waals surface area contributed by atoms with Gasteiger partial charge in [-0.05, 0) is 21.9 Å². The van der Waals surface area contributed by atoms with Crippen LogP contribution in [-0.4, -0.2) is 78.3 Å². The van der Waals surface area contributed by atoms with Gasteiger partial charge in [0.15, 0.2) is 5.69 Å². The first-order valence-corrected chi connectivity index (χ1v) is 15.0. The molecule has 0 spiro atoms. The minimum atomic E-state index is -0.690. The van der Waals surface area contributed by atoms with E-state index in [1.54, 1.807) is 5.38 Å². The van der Waals surface area contributed by atoms with Gasteiger partial charge in [0.25, 0.3) is 11.8 Å². The summed E-state index contributed by atoms with van der Waals surface area (Å²) in [5, 5.41) is 21.7. The number of fused-ring (bicyclic) bond motifs is 4. The minimum absolute atomic E-state index is 0.0125. The van der Waals surface area contributed by atoms with Gasteiger partial charge in [-0.15, -0.1) is 16.4 Å². The van der Waals surface area contributed by atoms with Crippen molar-refractivity contribution >= 4 is 35.0 Å². The standard InChI is InChI=1S/C28H32N10O5S/c1-17(2)24-28-33-21(15-44-28)26(42)31-19(12-18-6-4-3-5-7-18)27-32-20(14-43-27)25(41)29-9-11-37(13-22(39)34-24)23(40)8-10-38-16-30-35-36-38/h3-7,14-17,19,24H,8-13H2,1-2H3,(H,29,41)(H,31,42)(H,34,39)/t19-,24-/m0/s1. The maximum absolute atomic E-state index is 13.4. The van der Waals surface area contributed by atoms with Gasteiger partial charge in [0.2, 0.25) is 17.7 Å². The lowest BCUT2D eigenvalue weighted by Crippen LogP contribution is -2.45. The Hall–Kier alpha value is -4.99. The van der Waals surface area contributed by atoms with Gasteiger partial charge < -0.3 is 25.3 Å². The summed E-state index contributed by atoms with van der Waals surface area (Å²) >= 11 is 1.26. The summed E-state index contributed by atoms with van der Waals surface area (Å²) in [6.07, 6.45) is 3.02. The molecular formula is C28H32N10O5S. The number of oxazole rings is 1. The predicted octanol–water partition coefficient (Wildman–Crippen LogP) is 1.31. The van der Waals surface area contributed by atoms with Crippen LogP contribution in [0.4, 0.5) is 0 Å².